The highest BCUT2D eigenvalue weighted by atomic mass is 35.5. The summed E-state index contributed by atoms with van der Waals surface area (Å²) in [4.78, 5) is 28.1. The van der Waals surface area contributed by atoms with E-state index in [1.165, 1.54) is 0 Å². The number of halogens is 1. The molecule has 0 unspecified atom stereocenters. The molecule has 1 N–H and O–H groups in total. The number of rotatable bonds is 12. The van der Waals surface area contributed by atoms with Gasteiger partial charge in [-0.3, -0.25) is 4.79 Å². The van der Waals surface area contributed by atoms with Gasteiger partial charge in [0.25, 0.3) is 0 Å². The molecule has 7 heteroatoms. The number of carbonyl (C=O) groups is 2. The van der Waals surface area contributed by atoms with Gasteiger partial charge in [0.1, 0.15) is 12.4 Å². The second-order valence-electron chi connectivity index (χ2n) is 8.71. The lowest BCUT2D eigenvalue weighted by Crippen LogP contribution is -2.39. The fourth-order valence-corrected chi connectivity index (χ4v) is 4.35. The van der Waals surface area contributed by atoms with Gasteiger partial charge in [-0.05, 0) is 68.0 Å². The van der Waals surface area contributed by atoms with E-state index in [4.69, 9.17) is 26.2 Å². The number of hydrogen-bond acceptors (Lipinski definition) is 5. The van der Waals surface area contributed by atoms with E-state index in [9.17, 15) is 9.59 Å². The van der Waals surface area contributed by atoms with Gasteiger partial charge in [-0.2, -0.15) is 0 Å². The first kappa shape index (κ1) is 26.8. The van der Waals surface area contributed by atoms with Crippen molar-refractivity contribution in [2.75, 3.05) is 19.8 Å². The van der Waals surface area contributed by atoms with Crippen LogP contribution in [-0.2, 0) is 20.9 Å². The number of carbonyl (C=O) groups excluding carboxylic acids is 2. The number of hydrogen-bond donors (Lipinski definition) is 1. The normalized spacial score (nSPS) is 15.9. The van der Waals surface area contributed by atoms with Crippen molar-refractivity contribution in [3.63, 3.8) is 0 Å². The van der Waals surface area contributed by atoms with Gasteiger partial charge < -0.3 is 19.5 Å². The average Bonchev–Trinajstić information content (AvgIpc) is 2.86. The Hall–Kier alpha value is -2.83. The third-order valence-corrected chi connectivity index (χ3v) is 6.37. The summed E-state index contributed by atoms with van der Waals surface area (Å²) in [5, 5.41) is 9.64. The summed E-state index contributed by atoms with van der Waals surface area (Å²) in [7, 11) is 0. The highest BCUT2D eigenvalue weighted by Crippen LogP contribution is 2.37. The highest BCUT2D eigenvalue weighted by molar-refractivity contribution is 6.30. The van der Waals surface area contributed by atoms with Crippen LogP contribution in [0, 0.1) is 0 Å². The number of esters is 1. The van der Waals surface area contributed by atoms with Crippen LogP contribution < -0.4 is 4.74 Å². The predicted molar refractivity (Wildman–Crippen MR) is 136 cm³/mol. The Morgan fingerprint density at radius 3 is 2.46 bits per heavy atom. The molecule has 0 fully saturated rings. The lowest BCUT2D eigenvalue weighted by molar-refractivity contribution is -0.141. The predicted octanol–water partition coefficient (Wildman–Crippen LogP) is 5.62. The minimum Gasteiger partial charge on any atom is -0.494 e. The molecule has 0 aromatic heterocycles. The smallest absolute Gasteiger partial charge is 0.336 e. The largest absolute Gasteiger partial charge is 0.494 e. The Kier molecular flexibility index (Phi) is 10.2. The van der Waals surface area contributed by atoms with Crippen LogP contribution in [0.15, 0.2) is 59.8 Å². The van der Waals surface area contributed by atoms with E-state index in [1.807, 2.05) is 43.3 Å². The molecule has 1 aliphatic heterocycles. The number of amides is 1. The van der Waals surface area contributed by atoms with Crippen LogP contribution in [0.25, 0.3) is 0 Å². The zero-order chi connectivity index (χ0) is 25.2. The number of unbranched alkanes of at least 4 members (excludes halogenated alkanes) is 2. The molecule has 2 aromatic rings. The van der Waals surface area contributed by atoms with Crippen molar-refractivity contribution in [1.29, 1.82) is 0 Å². The van der Waals surface area contributed by atoms with Crippen LogP contribution in [-0.4, -0.2) is 41.6 Å². The van der Waals surface area contributed by atoms with Gasteiger partial charge >= 0.3 is 5.97 Å². The number of nitrogens with zero attached hydrogens (tertiary/aromatic N) is 1. The minimum absolute atomic E-state index is 0.0225. The zero-order valence-electron chi connectivity index (χ0n) is 20.5. The zero-order valence-corrected chi connectivity index (χ0v) is 21.2. The lowest BCUT2D eigenvalue weighted by Gasteiger charge is -2.34. The van der Waals surface area contributed by atoms with Crippen molar-refractivity contribution in [1.82, 2.24) is 4.90 Å². The quantitative estimate of drug-likeness (QED) is 0.303. The molecule has 188 valence electrons. The Morgan fingerprint density at radius 2 is 1.80 bits per heavy atom. The molecule has 0 spiro atoms. The Labute approximate surface area is 212 Å². The van der Waals surface area contributed by atoms with E-state index < -0.39 is 11.9 Å². The van der Waals surface area contributed by atoms with Crippen LogP contribution in [0.1, 0.15) is 63.0 Å². The lowest BCUT2D eigenvalue weighted by atomic mass is 9.83. The van der Waals surface area contributed by atoms with Crippen molar-refractivity contribution >= 4 is 23.5 Å². The van der Waals surface area contributed by atoms with Gasteiger partial charge in [-0.1, -0.05) is 42.8 Å². The third kappa shape index (κ3) is 7.33. The van der Waals surface area contributed by atoms with Crippen LogP contribution in [0.2, 0.25) is 5.02 Å². The van der Waals surface area contributed by atoms with Gasteiger partial charge in [0.05, 0.1) is 12.2 Å². The Bertz CT molecular complexity index is 1020. The molecule has 1 heterocycles. The van der Waals surface area contributed by atoms with E-state index in [0.717, 1.165) is 36.1 Å². The molecule has 2 aromatic carbocycles. The topological polar surface area (TPSA) is 76.1 Å². The average molecular weight is 500 g/mol. The molecule has 0 radical (unpaired) electrons. The molecule has 1 aliphatic rings. The fourth-order valence-electron chi connectivity index (χ4n) is 4.22. The van der Waals surface area contributed by atoms with Gasteiger partial charge in [0.2, 0.25) is 5.91 Å². The molecule has 6 nitrogen and oxygen atoms in total. The molecular weight excluding hydrogens is 466 g/mol. The number of allylic oxidation sites excluding steroid dienone is 1. The first-order chi connectivity index (χ1) is 16.9. The van der Waals surface area contributed by atoms with Crippen LogP contribution in [0.3, 0.4) is 0 Å². The SMILES string of the molecule is CCCOc1ccc(COC(=O)C2=C(C)N(CCCCCO)C(=O)C[C@@H]2c2ccc(Cl)cc2)cc1. The molecule has 0 saturated heterocycles. The van der Waals surface area contributed by atoms with E-state index in [-0.39, 0.29) is 25.5 Å². The summed E-state index contributed by atoms with van der Waals surface area (Å²) in [5.41, 5.74) is 2.83. The summed E-state index contributed by atoms with van der Waals surface area (Å²) >= 11 is 6.06. The number of aliphatic hydroxyl groups excluding tert-OH is 1. The first-order valence-corrected chi connectivity index (χ1v) is 12.6. The monoisotopic (exact) mass is 499 g/mol. The summed E-state index contributed by atoms with van der Waals surface area (Å²) in [5.74, 6) is -0.0658. The van der Waals surface area contributed by atoms with E-state index in [0.29, 0.717) is 35.9 Å². The number of benzene rings is 2. The van der Waals surface area contributed by atoms with Crippen molar-refractivity contribution in [2.24, 2.45) is 0 Å². The maximum atomic E-state index is 13.4. The maximum absolute atomic E-state index is 13.4. The van der Waals surface area contributed by atoms with Crippen molar-refractivity contribution in [2.45, 2.75) is 58.5 Å². The fraction of sp³-hybridized carbons (Fsp3) is 0.429. The summed E-state index contributed by atoms with van der Waals surface area (Å²) in [6, 6.07) is 14.7. The Balaban J connectivity index is 1.80. The van der Waals surface area contributed by atoms with Gasteiger partial charge in [0.15, 0.2) is 0 Å². The molecule has 3 rings (SSSR count). The van der Waals surface area contributed by atoms with Crippen molar-refractivity contribution < 1.29 is 24.2 Å². The summed E-state index contributed by atoms with van der Waals surface area (Å²) in [6.07, 6.45) is 3.38. The first-order valence-electron chi connectivity index (χ1n) is 12.2. The summed E-state index contributed by atoms with van der Waals surface area (Å²) in [6.45, 7) is 5.28. The molecule has 1 amide bonds. The van der Waals surface area contributed by atoms with Crippen LogP contribution in [0.5, 0.6) is 5.75 Å². The van der Waals surface area contributed by atoms with Crippen LogP contribution >= 0.6 is 11.6 Å². The van der Waals surface area contributed by atoms with Crippen LogP contribution in [0.4, 0.5) is 0 Å². The van der Waals surface area contributed by atoms with E-state index >= 15 is 0 Å². The van der Waals surface area contributed by atoms with Crippen molar-refractivity contribution in [3.05, 3.63) is 76.0 Å². The molecule has 0 aliphatic carbocycles. The standard InChI is InChI=1S/C28H34ClNO5/c1-3-17-34-24-13-7-21(8-14-24)19-35-28(33)27-20(2)30(15-5-4-6-16-31)26(32)18-25(27)22-9-11-23(29)12-10-22/h7-14,25,31H,3-6,15-19H2,1-2H3/t25-/m1/s1. The third-order valence-electron chi connectivity index (χ3n) is 6.12. The molecule has 0 bridgehead atoms. The van der Waals surface area contributed by atoms with Gasteiger partial charge in [-0.15, -0.1) is 0 Å². The van der Waals surface area contributed by atoms with Gasteiger partial charge in [-0.25, -0.2) is 4.79 Å². The maximum Gasteiger partial charge on any atom is 0.336 e. The van der Waals surface area contributed by atoms with Crippen molar-refractivity contribution in [3.8, 4) is 5.75 Å². The van der Waals surface area contributed by atoms with E-state index in [2.05, 4.69) is 6.92 Å². The van der Waals surface area contributed by atoms with E-state index in [1.54, 1.807) is 17.0 Å². The molecule has 1 atom stereocenters. The Morgan fingerprint density at radius 1 is 1.09 bits per heavy atom. The minimum atomic E-state index is -0.429. The molecular formula is C28H34ClNO5. The number of aliphatic hydroxyl groups is 1. The number of ether oxygens (including phenoxy) is 2. The second-order valence-corrected chi connectivity index (χ2v) is 9.14. The highest BCUT2D eigenvalue weighted by Gasteiger charge is 2.36. The van der Waals surface area contributed by atoms with Gasteiger partial charge in [0, 0.05) is 36.2 Å². The molecule has 0 saturated carbocycles. The molecule has 35 heavy (non-hydrogen) atoms. The summed E-state index contributed by atoms with van der Waals surface area (Å²) < 4.78 is 11.3. The second kappa shape index (κ2) is 13.3.